The molecule has 0 heterocycles. The lowest BCUT2D eigenvalue weighted by atomic mass is 10.1. The van der Waals surface area contributed by atoms with Crippen LogP contribution in [0.3, 0.4) is 0 Å². The zero-order chi connectivity index (χ0) is 26.1. The molecule has 0 saturated carbocycles. The fraction of sp³-hybridized carbons (Fsp3) is 0.567. The van der Waals surface area contributed by atoms with E-state index in [-0.39, 0.29) is 11.6 Å². The van der Waals surface area contributed by atoms with Crippen molar-refractivity contribution in [3.63, 3.8) is 0 Å². The Labute approximate surface area is 204 Å². The SMILES string of the molecule is CC(C)=CCCC(C)=CC=O.CCCC(=O)C=CC=C(C)CCC=C(C)C.CCCC(C)=O. The van der Waals surface area contributed by atoms with E-state index in [0.717, 1.165) is 56.8 Å². The van der Waals surface area contributed by atoms with Crippen LogP contribution in [0.25, 0.3) is 0 Å². The van der Waals surface area contributed by atoms with E-state index < -0.39 is 0 Å². The number of ketones is 2. The van der Waals surface area contributed by atoms with Gasteiger partial charge in [0.2, 0.25) is 0 Å². The van der Waals surface area contributed by atoms with Gasteiger partial charge in [0.25, 0.3) is 0 Å². The van der Waals surface area contributed by atoms with Gasteiger partial charge in [-0.05, 0) is 99.1 Å². The van der Waals surface area contributed by atoms with Gasteiger partial charge < -0.3 is 4.79 Å². The predicted molar refractivity (Wildman–Crippen MR) is 146 cm³/mol. The number of carbonyl (C=O) groups is 3. The molecular formula is C30H50O3. The topological polar surface area (TPSA) is 51.2 Å². The van der Waals surface area contributed by atoms with Gasteiger partial charge in [0.1, 0.15) is 12.1 Å². The van der Waals surface area contributed by atoms with Crippen LogP contribution in [-0.4, -0.2) is 17.9 Å². The first-order valence-electron chi connectivity index (χ1n) is 12.2. The van der Waals surface area contributed by atoms with Gasteiger partial charge in [0.05, 0.1) is 0 Å². The summed E-state index contributed by atoms with van der Waals surface area (Å²) in [6.45, 7) is 18.1. The second kappa shape index (κ2) is 26.0. The van der Waals surface area contributed by atoms with Crippen molar-refractivity contribution in [1.82, 2.24) is 0 Å². The maximum absolute atomic E-state index is 11.2. The molecular weight excluding hydrogens is 408 g/mol. The predicted octanol–water partition coefficient (Wildman–Crippen LogP) is 8.86. The first kappa shape index (κ1) is 35.3. The second-order valence-electron chi connectivity index (χ2n) is 8.83. The fourth-order valence-electron chi connectivity index (χ4n) is 2.46. The third-order valence-electron chi connectivity index (χ3n) is 4.30. The van der Waals surface area contributed by atoms with E-state index in [9.17, 15) is 14.4 Å². The van der Waals surface area contributed by atoms with Crippen molar-refractivity contribution in [2.75, 3.05) is 0 Å². The van der Waals surface area contributed by atoms with Crippen LogP contribution in [-0.2, 0) is 14.4 Å². The van der Waals surface area contributed by atoms with Crippen LogP contribution in [0.2, 0.25) is 0 Å². The Morgan fingerprint density at radius 2 is 1.09 bits per heavy atom. The third-order valence-corrected chi connectivity index (χ3v) is 4.30. The van der Waals surface area contributed by atoms with Crippen LogP contribution < -0.4 is 0 Å². The minimum Gasteiger partial charge on any atom is -0.300 e. The summed E-state index contributed by atoms with van der Waals surface area (Å²) < 4.78 is 0. The average molecular weight is 459 g/mol. The molecule has 3 heteroatoms. The molecule has 188 valence electrons. The highest BCUT2D eigenvalue weighted by atomic mass is 16.1. The van der Waals surface area contributed by atoms with Gasteiger partial charge in [-0.1, -0.05) is 60.4 Å². The number of hydrogen-bond donors (Lipinski definition) is 0. The van der Waals surface area contributed by atoms with E-state index in [1.54, 1.807) is 19.1 Å². The zero-order valence-electron chi connectivity index (χ0n) is 22.9. The summed E-state index contributed by atoms with van der Waals surface area (Å²) in [4.78, 5) is 31.3. The molecule has 0 unspecified atom stereocenters. The standard InChI is InChI=1S/C15H24O.C10H16O.C5H10O/c1-5-8-15(16)12-7-11-14(4)10-6-9-13(2)3;1-9(2)5-4-6-10(3)7-8-11;1-3-4-5(2)6/h7,9,11-12H,5-6,8,10H2,1-4H3;5,7-8H,4,6H2,1-3H3;3-4H2,1-2H3. The number of allylic oxidation sites excluding steroid dienone is 10. The smallest absolute Gasteiger partial charge is 0.155 e. The summed E-state index contributed by atoms with van der Waals surface area (Å²) in [6.07, 6.45) is 19.9. The number of hydrogen-bond acceptors (Lipinski definition) is 3. The summed E-state index contributed by atoms with van der Waals surface area (Å²) in [7, 11) is 0. The Morgan fingerprint density at radius 3 is 1.42 bits per heavy atom. The van der Waals surface area contributed by atoms with E-state index in [1.807, 2.05) is 32.9 Å². The maximum atomic E-state index is 11.2. The van der Waals surface area contributed by atoms with Gasteiger partial charge >= 0.3 is 0 Å². The molecule has 0 aliphatic heterocycles. The first-order valence-corrected chi connectivity index (χ1v) is 12.2. The molecule has 0 spiro atoms. The van der Waals surface area contributed by atoms with Crippen LogP contribution in [0.1, 0.15) is 114 Å². The summed E-state index contributed by atoms with van der Waals surface area (Å²) in [5.74, 6) is 0.508. The normalized spacial score (nSPS) is 10.9. The van der Waals surface area contributed by atoms with Crippen molar-refractivity contribution < 1.29 is 14.4 Å². The van der Waals surface area contributed by atoms with Gasteiger partial charge in [0.15, 0.2) is 5.78 Å². The molecule has 0 amide bonds. The van der Waals surface area contributed by atoms with Crippen molar-refractivity contribution in [3.05, 3.63) is 58.7 Å². The molecule has 0 aliphatic carbocycles. The molecule has 0 N–H and O–H groups in total. The van der Waals surface area contributed by atoms with Crippen molar-refractivity contribution in [3.8, 4) is 0 Å². The highest BCUT2D eigenvalue weighted by Gasteiger charge is 1.92. The van der Waals surface area contributed by atoms with Gasteiger partial charge in [-0.25, -0.2) is 0 Å². The Hall–Kier alpha value is -2.29. The third kappa shape index (κ3) is 37.4. The lowest BCUT2D eigenvalue weighted by Crippen LogP contribution is -1.89. The van der Waals surface area contributed by atoms with E-state index in [0.29, 0.717) is 6.42 Å². The van der Waals surface area contributed by atoms with Crippen LogP contribution in [0.4, 0.5) is 0 Å². The van der Waals surface area contributed by atoms with E-state index >= 15 is 0 Å². The molecule has 0 radical (unpaired) electrons. The van der Waals surface area contributed by atoms with Gasteiger partial charge in [-0.2, -0.15) is 0 Å². The molecule has 0 aromatic rings. The molecule has 0 aromatic carbocycles. The highest BCUT2D eigenvalue weighted by Crippen LogP contribution is 2.07. The van der Waals surface area contributed by atoms with Crippen molar-refractivity contribution in [1.29, 1.82) is 0 Å². The number of aldehydes is 1. The number of carbonyl (C=O) groups excluding carboxylic acids is 3. The molecule has 3 nitrogen and oxygen atoms in total. The maximum Gasteiger partial charge on any atom is 0.155 e. The lowest BCUT2D eigenvalue weighted by molar-refractivity contribution is -0.117. The molecule has 0 aromatic heterocycles. The quantitative estimate of drug-likeness (QED) is 0.120. The van der Waals surface area contributed by atoms with Crippen molar-refractivity contribution >= 4 is 17.9 Å². The minimum atomic E-state index is 0.218. The molecule has 0 saturated heterocycles. The van der Waals surface area contributed by atoms with E-state index in [4.69, 9.17) is 0 Å². The molecule has 0 bridgehead atoms. The summed E-state index contributed by atoms with van der Waals surface area (Å²) in [5, 5.41) is 0. The Kier molecular flexibility index (Phi) is 27.8. The van der Waals surface area contributed by atoms with Crippen molar-refractivity contribution in [2.45, 2.75) is 114 Å². The van der Waals surface area contributed by atoms with Crippen LogP contribution >= 0.6 is 0 Å². The van der Waals surface area contributed by atoms with Crippen molar-refractivity contribution in [2.24, 2.45) is 0 Å². The second-order valence-corrected chi connectivity index (χ2v) is 8.83. The van der Waals surface area contributed by atoms with Gasteiger partial charge in [-0.15, -0.1) is 0 Å². The lowest BCUT2D eigenvalue weighted by Gasteiger charge is -1.96. The molecule has 0 fully saturated rings. The number of rotatable bonds is 13. The van der Waals surface area contributed by atoms with Gasteiger partial charge in [0, 0.05) is 12.8 Å². The highest BCUT2D eigenvalue weighted by molar-refractivity contribution is 5.89. The van der Waals surface area contributed by atoms with Gasteiger partial charge in [-0.3, -0.25) is 9.59 Å². The van der Waals surface area contributed by atoms with E-state index in [2.05, 4.69) is 46.8 Å². The first-order chi connectivity index (χ1) is 15.5. The largest absolute Gasteiger partial charge is 0.300 e. The number of Topliss-reactive ketones (excluding diaryl/α,β-unsaturated/α-hetero) is 1. The Balaban J connectivity index is -0.000000457. The van der Waals surface area contributed by atoms with Crippen LogP contribution in [0, 0.1) is 0 Å². The minimum absolute atomic E-state index is 0.218. The molecule has 0 rings (SSSR count). The van der Waals surface area contributed by atoms with Crippen LogP contribution in [0.15, 0.2) is 58.7 Å². The Bertz CT molecular complexity index is 677. The van der Waals surface area contributed by atoms with Crippen LogP contribution in [0.5, 0.6) is 0 Å². The average Bonchev–Trinajstić information content (AvgIpc) is 2.68. The molecule has 33 heavy (non-hydrogen) atoms. The summed E-state index contributed by atoms with van der Waals surface area (Å²) in [5.41, 5.74) is 5.17. The summed E-state index contributed by atoms with van der Waals surface area (Å²) >= 11 is 0. The van der Waals surface area contributed by atoms with E-state index in [1.165, 1.54) is 16.7 Å². The Morgan fingerprint density at radius 1 is 0.636 bits per heavy atom. The monoisotopic (exact) mass is 458 g/mol. The molecule has 0 atom stereocenters. The summed E-state index contributed by atoms with van der Waals surface area (Å²) in [6, 6.07) is 0. The molecule has 0 aliphatic rings. The zero-order valence-corrected chi connectivity index (χ0v) is 22.9. The fourth-order valence-corrected chi connectivity index (χ4v) is 2.46.